The molecule has 0 spiro atoms. The minimum absolute atomic E-state index is 0.196. The van der Waals surface area contributed by atoms with E-state index in [2.05, 4.69) is 31.3 Å². The molecule has 2 aromatic heterocycles. The number of nitrogens with zero attached hydrogens (tertiary/aromatic N) is 3. The van der Waals surface area contributed by atoms with Gasteiger partial charge in [-0.3, -0.25) is 9.78 Å². The Balaban J connectivity index is 2.00. The fourth-order valence-corrected chi connectivity index (χ4v) is 1.96. The molecule has 0 radical (unpaired) electrons. The molecular formula is C12H13BrN4O2. The summed E-state index contributed by atoms with van der Waals surface area (Å²) >= 11 is 3.27. The fraction of sp³-hybridized carbons (Fsp3) is 0.250. The highest BCUT2D eigenvalue weighted by Crippen LogP contribution is 2.12. The lowest BCUT2D eigenvalue weighted by atomic mass is 10.2. The van der Waals surface area contributed by atoms with Crippen molar-refractivity contribution in [3.05, 3.63) is 40.3 Å². The Kier molecular flexibility index (Phi) is 4.16. The number of nitrogens with one attached hydrogen (secondary N) is 1. The lowest BCUT2D eigenvalue weighted by Crippen LogP contribution is -2.23. The van der Waals surface area contributed by atoms with Crippen molar-refractivity contribution < 1.29 is 9.53 Å². The van der Waals surface area contributed by atoms with Gasteiger partial charge in [-0.25, -0.2) is 4.68 Å². The molecule has 0 aliphatic rings. The van der Waals surface area contributed by atoms with Crippen molar-refractivity contribution >= 4 is 21.8 Å². The standard InChI is InChI=1S/C12H13BrN4O2/c1-17-11(19-2)4-10(16-17)7-15-12(18)8-3-9(13)6-14-5-8/h3-6H,7H2,1-2H3,(H,15,18). The SMILES string of the molecule is COc1cc(CNC(=O)c2cncc(Br)c2)nn1C. The van der Waals surface area contributed by atoms with Crippen LogP contribution in [0.25, 0.3) is 0 Å². The summed E-state index contributed by atoms with van der Waals surface area (Å²) < 4.78 is 7.48. The van der Waals surface area contributed by atoms with E-state index < -0.39 is 0 Å². The molecule has 7 heteroatoms. The molecule has 0 atom stereocenters. The number of rotatable bonds is 4. The van der Waals surface area contributed by atoms with Gasteiger partial charge >= 0.3 is 0 Å². The summed E-state index contributed by atoms with van der Waals surface area (Å²) in [5.41, 5.74) is 1.23. The number of hydrogen-bond donors (Lipinski definition) is 1. The van der Waals surface area contributed by atoms with Gasteiger partial charge in [0, 0.05) is 30.0 Å². The molecule has 0 saturated heterocycles. The van der Waals surface area contributed by atoms with Crippen LogP contribution in [0.4, 0.5) is 0 Å². The average molecular weight is 325 g/mol. The van der Waals surface area contributed by atoms with E-state index in [0.717, 1.165) is 10.2 Å². The number of carbonyl (C=O) groups excluding carboxylic acids is 1. The highest BCUT2D eigenvalue weighted by molar-refractivity contribution is 9.10. The second-order valence-corrected chi connectivity index (χ2v) is 4.79. The Labute approximate surface area is 118 Å². The van der Waals surface area contributed by atoms with Crippen LogP contribution in [0.5, 0.6) is 5.88 Å². The number of halogens is 1. The molecule has 1 N–H and O–H groups in total. The summed E-state index contributed by atoms with van der Waals surface area (Å²) in [6, 6.07) is 3.49. The van der Waals surface area contributed by atoms with Gasteiger partial charge in [-0.2, -0.15) is 5.10 Å². The van der Waals surface area contributed by atoms with Crippen LogP contribution in [0.1, 0.15) is 16.1 Å². The number of aryl methyl sites for hydroxylation is 1. The van der Waals surface area contributed by atoms with Gasteiger partial charge in [0.25, 0.3) is 5.91 Å². The van der Waals surface area contributed by atoms with E-state index in [9.17, 15) is 4.79 Å². The lowest BCUT2D eigenvalue weighted by molar-refractivity contribution is 0.0950. The largest absolute Gasteiger partial charge is 0.481 e. The number of ether oxygens (including phenoxy) is 1. The van der Waals surface area contributed by atoms with Gasteiger partial charge in [-0.05, 0) is 22.0 Å². The predicted molar refractivity (Wildman–Crippen MR) is 72.9 cm³/mol. The molecular weight excluding hydrogens is 312 g/mol. The second kappa shape index (κ2) is 5.83. The zero-order valence-corrected chi connectivity index (χ0v) is 12.1. The monoisotopic (exact) mass is 324 g/mol. The molecule has 1 amide bonds. The van der Waals surface area contributed by atoms with Gasteiger partial charge in [0.1, 0.15) is 0 Å². The molecule has 6 nitrogen and oxygen atoms in total. The maximum absolute atomic E-state index is 11.9. The van der Waals surface area contributed by atoms with E-state index >= 15 is 0 Å². The minimum atomic E-state index is -0.196. The van der Waals surface area contributed by atoms with Crippen molar-refractivity contribution in [1.82, 2.24) is 20.1 Å². The first-order chi connectivity index (χ1) is 9.10. The van der Waals surface area contributed by atoms with Gasteiger partial charge < -0.3 is 10.1 Å². The van der Waals surface area contributed by atoms with E-state index in [0.29, 0.717) is 18.0 Å². The van der Waals surface area contributed by atoms with Crippen molar-refractivity contribution in [2.24, 2.45) is 7.05 Å². The summed E-state index contributed by atoms with van der Waals surface area (Å²) in [6.45, 7) is 0.336. The van der Waals surface area contributed by atoms with Gasteiger partial charge in [0.05, 0.1) is 24.9 Å². The molecule has 100 valence electrons. The number of aromatic nitrogens is 3. The minimum Gasteiger partial charge on any atom is -0.481 e. The molecule has 0 aliphatic carbocycles. The van der Waals surface area contributed by atoms with Crippen molar-refractivity contribution in [1.29, 1.82) is 0 Å². The smallest absolute Gasteiger partial charge is 0.253 e. The van der Waals surface area contributed by atoms with Crippen LogP contribution in [-0.2, 0) is 13.6 Å². The molecule has 0 saturated carbocycles. The Morgan fingerprint density at radius 2 is 2.26 bits per heavy atom. The molecule has 0 unspecified atom stereocenters. The van der Waals surface area contributed by atoms with E-state index in [-0.39, 0.29) is 5.91 Å². The molecule has 2 rings (SSSR count). The van der Waals surface area contributed by atoms with Crippen LogP contribution in [-0.4, -0.2) is 27.8 Å². The molecule has 2 heterocycles. The van der Waals surface area contributed by atoms with Gasteiger partial charge in [-0.15, -0.1) is 0 Å². The molecule has 19 heavy (non-hydrogen) atoms. The van der Waals surface area contributed by atoms with Crippen LogP contribution in [0.3, 0.4) is 0 Å². The number of methoxy groups -OCH3 is 1. The van der Waals surface area contributed by atoms with Crippen molar-refractivity contribution in [3.8, 4) is 5.88 Å². The van der Waals surface area contributed by atoms with E-state index in [1.54, 1.807) is 37.2 Å². The molecule has 0 aromatic carbocycles. The van der Waals surface area contributed by atoms with E-state index in [1.807, 2.05) is 0 Å². The van der Waals surface area contributed by atoms with Crippen LogP contribution in [0, 0.1) is 0 Å². The Hall–Kier alpha value is -1.89. The second-order valence-electron chi connectivity index (χ2n) is 3.88. The number of carbonyl (C=O) groups is 1. The highest BCUT2D eigenvalue weighted by Gasteiger charge is 2.09. The summed E-state index contributed by atoms with van der Waals surface area (Å²) in [7, 11) is 3.36. The van der Waals surface area contributed by atoms with Crippen molar-refractivity contribution in [2.75, 3.05) is 7.11 Å². The van der Waals surface area contributed by atoms with Gasteiger partial charge in [-0.1, -0.05) is 0 Å². The Morgan fingerprint density at radius 1 is 1.47 bits per heavy atom. The predicted octanol–water partition coefficient (Wildman–Crippen LogP) is 1.52. The van der Waals surface area contributed by atoms with Crippen LogP contribution in [0.15, 0.2) is 29.0 Å². The number of amides is 1. The third kappa shape index (κ3) is 3.31. The van der Waals surface area contributed by atoms with E-state index in [4.69, 9.17) is 4.74 Å². The summed E-state index contributed by atoms with van der Waals surface area (Å²) in [6.07, 6.45) is 3.14. The zero-order valence-electron chi connectivity index (χ0n) is 10.6. The summed E-state index contributed by atoms with van der Waals surface area (Å²) in [4.78, 5) is 15.8. The molecule has 0 bridgehead atoms. The Morgan fingerprint density at radius 3 is 2.89 bits per heavy atom. The number of pyridine rings is 1. The lowest BCUT2D eigenvalue weighted by Gasteiger charge is -2.02. The topological polar surface area (TPSA) is 69.0 Å². The fourth-order valence-electron chi connectivity index (χ4n) is 1.59. The Bertz CT molecular complexity index is 597. The molecule has 2 aromatic rings. The normalized spacial score (nSPS) is 10.3. The first kappa shape index (κ1) is 13.5. The van der Waals surface area contributed by atoms with Crippen LogP contribution >= 0.6 is 15.9 Å². The van der Waals surface area contributed by atoms with Crippen molar-refractivity contribution in [2.45, 2.75) is 6.54 Å². The summed E-state index contributed by atoms with van der Waals surface area (Å²) in [5, 5.41) is 6.99. The first-order valence-corrected chi connectivity index (χ1v) is 6.35. The van der Waals surface area contributed by atoms with Gasteiger partial charge in [0.2, 0.25) is 5.88 Å². The van der Waals surface area contributed by atoms with Crippen LogP contribution < -0.4 is 10.1 Å². The third-order valence-corrected chi connectivity index (χ3v) is 2.93. The third-order valence-electron chi connectivity index (χ3n) is 2.49. The maximum Gasteiger partial charge on any atom is 0.253 e. The summed E-state index contributed by atoms with van der Waals surface area (Å²) in [5.74, 6) is 0.451. The molecule has 0 aliphatic heterocycles. The van der Waals surface area contributed by atoms with Gasteiger partial charge in [0.15, 0.2) is 0 Å². The van der Waals surface area contributed by atoms with Crippen molar-refractivity contribution in [3.63, 3.8) is 0 Å². The maximum atomic E-state index is 11.9. The zero-order chi connectivity index (χ0) is 13.8. The number of hydrogen-bond acceptors (Lipinski definition) is 4. The highest BCUT2D eigenvalue weighted by atomic mass is 79.9. The first-order valence-electron chi connectivity index (χ1n) is 5.56. The van der Waals surface area contributed by atoms with E-state index in [1.165, 1.54) is 6.20 Å². The quantitative estimate of drug-likeness (QED) is 0.925. The van der Waals surface area contributed by atoms with Crippen LogP contribution in [0.2, 0.25) is 0 Å². The molecule has 0 fully saturated rings. The average Bonchev–Trinajstić information content (AvgIpc) is 2.76.